The first kappa shape index (κ1) is 18.6. The van der Waals surface area contributed by atoms with E-state index in [0.29, 0.717) is 11.4 Å². The Morgan fingerprint density at radius 2 is 1.76 bits per heavy atom. The maximum atomic E-state index is 12.7. The van der Waals surface area contributed by atoms with Crippen molar-refractivity contribution >= 4 is 12.4 Å². The summed E-state index contributed by atoms with van der Waals surface area (Å²) >= 11 is 0. The van der Waals surface area contributed by atoms with Gasteiger partial charge in [0, 0.05) is 12.7 Å². The van der Waals surface area contributed by atoms with E-state index in [2.05, 4.69) is 0 Å². The van der Waals surface area contributed by atoms with Crippen molar-refractivity contribution in [1.82, 2.24) is 4.90 Å². The van der Waals surface area contributed by atoms with Crippen LogP contribution < -0.4 is 0 Å². The molecular formula is C17H16F3NO4. The third-order valence-corrected chi connectivity index (χ3v) is 4.28. The number of carbonyl (C=O) groups is 2. The first-order valence-corrected chi connectivity index (χ1v) is 7.25. The highest BCUT2D eigenvalue weighted by Gasteiger charge is 2.37. The topological polar surface area (TPSA) is 66.8 Å². The van der Waals surface area contributed by atoms with Gasteiger partial charge in [-0.2, -0.15) is 13.2 Å². The number of hydrogen-bond acceptors (Lipinski definition) is 4. The molecule has 8 heteroatoms. The molecular weight excluding hydrogens is 339 g/mol. The number of nitrogens with zero attached hydrogens (tertiary/aromatic N) is 1. The normalized spacial score (nSPS) is 18.5. The minimum absolute atomic E-state index is 0.0651. The van der Waals surface area contributed by atoms with Gasteiger partial charge in [-0.25, -0.2) is 4.79 Å². The highest BCUT2D eigenvalue weighted by atomic mass is 19.4. The summed E-state index contributed by atoms with van der Waals surface area (Å²) in [7, 11) is 1.62. The van der Waals surface area contributed by atoms with Crippen molar-refractivity contribution in [3.05, 3.63) is 58.1 Å². The van der Waals surface area contributed by atoms with Gasteiger partial charge in [0.05, 0.1) is 22.8 Å². The number of benzene rings is 1. The van der Waals surface area contributed by atoms with Gasteiger partial charge in [0.15, 0.2) is 0 Å². The van der Waals surface area contributed by atoms with Gasteiger partial charge in [-0.05, 0) is 31.5 Å². The minimum Gasteiger partial charge on any atom is -0.478 e. The zero-order valence-corrected chi connectivity index (χ0v) is 13.7. The van der Waals surface area contributed by atoms with Crippen molar-refractivity contribution < 1.29 is 32.6 Å². The van der Waals surface area contributed by atoms with Gasteiger partial charge in [0.1, 0.15) is 5.76 Å². The zero-order chi connectivity index (χ0) is 18.9. The lowest BCUT2D eigenvalue weighted by Gasteiger charge is -2.34. The van der Waals surface area contributed by atoms with Gasteiger partial charge in [-0.15, -0.1) is 0 Å². The summed E-state index contributed by atoms with van der Waals surface area (Å²) in [5.41, 5.74) is 0.284. The van der Waals surface area contributed by atoms with Crippen molar-refractivity contribution in [3.8, 4) is 0 Å². The molecule has 1 aliphatic heterocycles. The van der Waals surface area contributed by atoms with Crippen LogP contribution in [0.5, 0.6) is 0 Å². The highest BCUT2D eigenvalue weighted by Crippen LogP contribution is 2.42. The lowest BCUT2D eigenvalue weighted by Crippen LogP contribution is -2.30. The van der Waals surface area contributed by atoms with Crippen molar-refractivity contribution in [1.29, 1.82) is 0 Å². The average molecular weight is 355 g/mol. The van der Waals surface area contributed by atoms with E-state index in [0.717, 1.165) is 12.1 Å². The van der Waals surface area contributed by atoms with Gasteiger partial charge < -0.3 is 14.7 Å². The van der Waals surface area contributed by atoms with E-state index < -0.39 is 23.6 Å². The van der Waals surface area contributed by atoms with E-state index in [-0.39, 0.29) is 23.4 Å². The summed E-state index contributed by atoms with van der Waals surface area (Å²) in [6.07, 6.45) is -4.50. The largest absolute Gasteiger partial charge is 0.478 e. The fraction of sp³-hybridized carbons (Fsp3) is 0.294. The molecule has 1 heterocycles. The Bertz CT molecular complexity index is 763. The molecule has 0 saturated carbocycles. The van der Waals surface area contributed by atoms with E-state index in [1.807, 2.05) is 0 Å². The Labute approximate surface area is 142 Å². The summed E-state index contributed by atoms with van der Waals surface area (Å²) in [5, 5.41) is 9.58. The summed E-state index contributed by atoms with van der Waals surface area (Å²) < 4.78 is 43.2. The number of carboxylic acids is 1. The molecule has 0 spiro atoms. The average Bonchev–Trinajstić information content (AvgIpc) is 2.54. The Balaban J connectivity index is 2.63. The van der Waals surface area contributed by atoms with Crippen LogP contribution in [0, 0.1) is 0 Å². The fourth-order valence-corrected chi connectivity index (χ4v) is 2.81. The molecule has 1 unspecified atom stereocenters. The third-order valence-electron chi connectivity index (χ3n) is 4.28. The Morgan fingerprint density at radius 1 is 1.20 bits per heavy atom. The van der Waals surface area contributed by atoms with E-state index in [1.54, 1.807) is 25.8 Å². The van der Waals surface area contributed by atoms with Crippen LogP contribution in [0.1, 0.15) is 30.9 Å². The molecule has 0 aromatic heterocycles. The first-order valence-electron chi connectivity index (χ1n) is 7.25. The lowest BCUT2D eigenvalue weighted by molar-refractivity contribution is -0.137. The summed E-state index contributed by atoms with van der Waals surface area (Å²) in [5.74, 6) is -2.16. The molecule has 5 nitrogen and oxygen atoms in total. The molecule has 1 atom stereocenters. The van der Waals surface area contributed by atoms with Crippen molar-refractivity contribution in [2.45, 2.75) is 25.9 Å². The molecule has 2 rings (SSSR count). The molecule has 0 aliphatic carbocycles. The van der Waals surface area contributed by atoms with Crippen molar-refractivity contribution in [2.75, 3.05) is 7.05 Å². The number of halogens is 3. The molecule has 0 fully saturated rings. The van der Waals surface area contributed by atoms with Crippen LogP contribution in [-0.2, 0) is 20.5 Å². The van der Waals surface area contributed by atoms with Crippen LogP contribution in [0.3, 0.4) is 0 Å². The molecule has 0 bridgehead atoms. The minimum atomic E-state index is -4.50. The maximum Gasteiger partial charge on any atom is 0.416 e. The maximum absolute atomic E-state index is 12.7. The molecule has 1 aromatic carbocycles. The number of allylic oxidation sites excluding steroid dienone is 3. The van der Waals surface area contributed by atoms with E-state index in [4.69, 9.17) is 4.74 Å². The molecule has 1 aromatic rings. The number of carboxylic acid groups (broad SMARTS) is 1. The number of hydrogen-bond donors (Lipinski definition) is 1. The number of alkyl halides is 3. The van der Waals surface area contributed by atoms with E-state index in [9.17, 15) is 27.9 Å². The van der Waals surface area contributed by atoms with Gasteiger partial charge in [0.2, 0.25) is 0 Å². The second-order valence-electron chi connectivity index (χ2n) is 5.58. The van der Waals surface area contributed by atoms with Gasteiger partial charge in [-0.3, -0.25) is 4.79 Å². The van der Waals surface area contributed by atoms with Crippen LogP contribution in [0.25, 0.3) is 0 Å². The highest BCUT2D eigenvalue weighted by molar-refractivity contribution is 5.91. The molecule has 0 radical (unpaired) electrons. The molecule has 134 valence electrons. The molecule has 1 N–H and O–H groups in total. The smallest absolute Gasteiger partial charge is 0.416 e. The van der Waals surface area contributed by atoms with Crippen LogP contribution >= 0.6 is 0 Å². The van der Waals surface area contributed by atoms with Crippen molar-refractivity contribution in [3.63, 3.8) is 0 Å². The van der Waals surface area contributed by atoms with Gasteiger partial charge in [0.25, 0.3) is 6.47 Å². The summed E-state index contributed by atoms with van der Waals surface area (Å²) in [6.45, 7) is 3.39. The zero-order valence-electron chi connectivity index (χ0n) is 13.7. The fourth-order valence-electron chi connectivity index (χ4n) is 2.81. The molecule has 0 saturated heterocycles. The van der Waals surface area contributed by atoms with Crippen LogP contribution in [0.2, 0.25) is 0 Å². The number of rotatable bonds is 4. The quantitative estimate of drug-likeness (QED) is 0.838. The lowest BCUT2D eigenvalue weighted by atomic mass is 9.84. The summed E-state index contributed by atoms with van der Waals surface area (Å²) in [6, 6.07) is 4.12. The second-order valence-corrected chi connectivity index (χ2v) is 5.58. The summed E-state index contributed by atoms with van der Waals surface area (Å²) in [4.78, 5) is 24.2. The Kier molecular flexibility index (Phi) is 4.92. The predicted octanol–water partition coefficient (Wildman–Crippen LogP) is 3.50. The van der Waals surface area contributed by atoms with E-state index in [1.165, 1.54) is 12.1 Å². The van der Waals surface area contributed by atoms with Crippen LogP contribution in [-0.4, -0.2) is 29.5 Å². The monoisotopic (exact) mass is 355 g/mol. The number of ether oxygens (including phenoxy) is 1. The molecule has 1 aliphatic rings. The first-order chi connectivity index (χ1) is 11.6. The standard InChI is InChI=1S/C17H16F3NO4/c1-9-13(16(23)24)14(15(25-8-22)10(2)21(9)3)11-4-6-12(7-5-11)17(18,19)20/h4-8,14H,1-3H3,(H,23,24). The Morgan fingerprint density at radius 3 is 2.20 bits per heavy atom. The number of carbonyl (C=O) groups excluding carboxylic acids is 1. The molecule has 0 amide bonds. The SMILES string of the molecule is CC1=C(OC=O)C(c2ccc(C(F)(F)F)cc2)C(C(=O)O)=C(C)N1C. The molecule has 25 heavy (non-hydrogen) atoms. The predicted molar refractivity (Wildman–Crippen MR) is 82.1 cm³/mol. The third kappa shape index (κ3) is 3.38. The van der Waals surface area contributed by atoms with Crippen molar-refractivity contribution in [2.24, 2.45) is 0 Å². The van der Waals surface area contributed by atoms with Gasteiger partial charge in [-0.1, -0.05) is 12.1 Å². The van der Waals surface area contributed by atoms with Crippen LogP contribution in [0.4, 0.5) is 13.2 Å². The van der Waals surface area contributed by atoms with Crippen LogP contribution in [0.15, 0.2) is 47.0 Å². The van der Waals surface area contributed by atoms with E-state index >= 15 is 0 Å². The number of aliphatic carboxylic acids is 1. The second kappa shape index (κ2) is 6.62. The van der Waals surface area contributed by atoms with Gasteiger partial charge >= 0.3 is 12.1 Å². The Hall–Kier alpha value is -2.77.